The van der Waals surface area contributed by atoms with Gasteiger partial charge in [-0.3, -0.25) is 14.7 Å². The molecule has 1 N–H and O–H groups in total. The van der Waals surface area contributed by atoms with Crippen LogP contribution in [0, 0.1) is 12.8 Å². The van der Waals surface area contributed by atoms with Crippen molar-refractivity contribution in [3.8, 4) is 0 Å². The predicted molar refractivity (Wildman–Crippen MR) is 120 cm³/mol. The minimum Gasteiger partial charge on any atom is -0.446 e. The molecule has 1 fully saturated rings. The summed E-state index contributed by atoms with van der Waals surface area (Å²) in [7, 11) is 0. The van der Waals surface area contributed by atoms with Gasteiger partial charge >= 0.3 is 0 Å². The molecule has 1 amide bonds. The molecule has 1 aliphatic heterocycles. The first-order valence-electron chi connectivity index (χ1n) is 11.5. The fourth-order valence-electron chi connectivity index (χ4n) is 5.10. The van der Waals surface area contributed by atoms with Crippen molar-refractivity contribution in [3.05, 3.63) is 59.4 Å². The Morgan fingerprint density at radius 3 is 2.94 bits per heavy atom. The molecular formula is C25H30N4O2. The number of nitrogens with zero attached hydrogens (tertiary/aromatic N) is 3. The number of amides is 1. The summed E-state index contributed by atoms with van der Waals surface area (Å²) < 4.78 is 5.67. The molecule has 162 valence electrons. The molecule has 6 nitrogen and oxygen atoms in total. The van der Waals surface area contributed by atoms with E-state index in [-0.39, 0.29) is 11.9 Å². The number of rotatable bonds is 5. The van der Waals surface area contributed by atoms with Gasteiger partial charge in [-0.25, -0.2) is 4.98 Å². The van der Waals surface area contributed by atoms with Crippen LogP contribution in [-0.2, 0) is 13.0 Å². The van der Waals surface area contributed by atoms with Crippen LogP contribution in [0.2, 0.25) is 0 Å². The lowest BCUT2D eigenvalue weighted by atomic mass is 9.84. The van der Waals surface area contributed by atoms with Gasteiger partial charge in [-0.15, -0.1) is 0 Å². The molecule has 1 saturated carbocycles. The van der Waals surface area contributed by atoms with Crippen LogP contribution in [0.15, 0.2) is 40.9 Å². The monoisotopic (exact) mass is 418 g/mol. The molecule has 31 heavy (non-hydrogen) atoms. The standard InChI is InChI=1S/C25H30N4O2/c1-17-27-23-16-29(15-12-24(23)31-17)14-11-18-7-9-19(10-8-18)28-25(30)21-4-2-6-22-20(21)5-3-13-26-22/h2-6,13,18-19H,7-12,14-16H2,1H3,(H,28,30)/t18-,19-. The van der Waals surface area contributed by atoms with E-state index >= 15 is 0 Å². The molecule has 0 atom stereocenters. The van der Waals surface area contributed by atoms with Gasteiger partial charge in [0.15, 0.2) is 5.89 Å². The molecule has 0 unspecified atom stereocenters. The molecule has 0 bridgehead atoms. The Kier molecular flexibility index (Phi) is 5.72. The van der Waals surface area contributed by atoms with Gasteiger partial charge in [-0.1, -0.05) is 12.1 Å². The van der Waals surface area contributed by atoms with Gasteiger partial charge < -0.3 is 9.73 Å². The minimum absolute atomic E-state index is 0.0223. The predicted octanol–water partition coefficient (Wildman–Crippen LogP) is 4.27. The number of fused-ring (bicyclic) bond motifs is 2. The number of benzene rings is 1. The Labute approximate surface area is 183 Å². The van der Waals surface area contributed by atoms with Crippen molar-refractivity contribution in [3.63, 3.8) is 0 Å². The Morgan fingerprint density at radius 2 is 2.06 bits per heavy atom. The lowest BCUT2D eigenvalue weighted by Crippen LogP contribution is -2.38. The molecule has 3 aromatic rings. The van der Waals surface area contributed by atoms with E-state index in [9.17, 15) is 4.79 Å². The largest absolute Gasteiger partial charge is 0.446 e. The van der Waals surface area contributed by atoms with Crippen molar-refractivity contribution in [1.82, 2.24) is 20.2 Å². The minimum atomic E-state index is 0.0223. The van der Waals surface area contributed by atoms with Crippen molar-refractivity contribution in [2.24, 2.45) is 5.92 Å². The van der Waals surface area contributed by atoms with Crippen LogP contribution in [0.25, 0.3) is 10.9 Å². The van der Waals surface area contributed by atoms with Crippen LogP contribution in [0.3, 0.4) is 0 Å². The lowest BCUT2D eigenvalue weighted by molar-refractivity contribution is 0.0921. The van der Waals surface area contributed by atoms with E-state index < -0.39 is 0 Å². The Morgan fingerprint density at radius 1 is 1.19 bits per heavy atom. The summed E-state index contributed by atoms with van der Waals surface area (Å²) >= 11 is 0. The Hall–Kier alpha value is -2.73. The van der Waals surface area contributed by atoms with E-state index in [2.05, 4.69) is 20.2 Å². The van der Waals surface area contributed by atoms with Gasteiger partial charge in [0.1, 0.15) is 5.76 Å². The number of aromatic nitrogens is 2. The number of hydrogen-bond acceptors (Lipinski definition) is 5. The maximum atomic E-state index is 12.9. The smallest absolute Gasteiger partial charge is 0.252 e. The maximum Gasteiger partial charge on any atom is 0.252 e. The van der Waals surface area contributed by atoms with Crippen LogP contribution in [0.4, 0.5) is 0 Å². The second-order valence-corrected chi connectivity index (χ2v) is 8.98. The van der Waals surface area contributed by atoms with Crippen LogP contribution >= 0.6 is 0 Å². The normalized spacial score (nSPS) is 21.7. The molecule has 0 saturated heterocycles. The molecule has 2 aliphatic rings. The summed E-state index contributed by atoms with van der Waals surface area (Å²) in [5, 5.41) is 4.19. The first-order chi connectivity index (χ1) is 15.2. The molecular weight excluding hydrogens is 388 g/mol. The van der Waals surface area contributed by atoms with E-state index in [1.807, 2.05) is 37.3 Å². The van der Waals surface area contributed by atoms with Crippen molar-refractivity contribution in [2.45, 2.75) is 58.0 Å². The number of hydrogen-bond donors (Lipinski definition) is 1. The van der Waals surface area contributed by atoms with Gasteiger partial charge in [0, 0.05) is 49.6 Å². The molecule has 0 radical (unpaired) electrons. The molecule has 1 aliphatic carbocycles. The number of oxazole rings is 1. The van der Waals surface area contributed by atoms with Crippen molar-refractivity contribution < 1.29 is 9.21 Å². The van der Waals surface area contributed by atoms with Gasteiger partial charge in [0.05, 0.1) is 11.2 Å². The van der Waals surface area contributed by atoms with E-state index in [1.54, 1.807) is 6.20 Å². The van der Waals surface area contributed by atoms with Crippen molar-refractivity contribution in [1.29, 1.82) is 0 Å². The average Bonchev–Trinajstić information content (AvgIpc) is 3.17. The number of pyridine rings is 1. The summed E-state index contributed by atoms with van der Waals surface area (Å²) in [6, 6.07) is 9.88. The summed E-state index contributed by atoms with van der Waals surface area (Å²) in [6.07, 6.45) is 8.45. The zero-order valence-electron chi connectivity index (χ0n) is 18.1. The van der Waals surface area contributed by atoms with Crippen molar-refractivity contribution >= 4 is 16.8 Å². The van der Waals surface area contributed by atoms with Crippen molar-refractivity contribution in [2.75, 3.05) is 13.1 Å². The first-order valence-corrected chi connectivity index (χ1v) is 11.5. The topological polar surface area (TPSA) is 71.3 Å². The third-order valence-corrected chi connectivity index (χ3v) is 6.84. The SMILES string of the molecule is Cc1nc2c(o1)CCN(CC[C@H]1CC[C@H](NC(=O)c3cccc4ncccc34)CC1)C2. The quantitative estimate of drug-likeness (QED) is 0.670. The highest BCUT2D eigenvalue weighted by Gasteiger charge is 2.25. The highest BCUT2D eigenvalue weighted by molar-refractivity contribution is 6.06. The van der Waals surface area contributed by atoms with Crippen LogP contribution < -0.4 is 5.32 Å². The Bertz CT molecular complexity index is 1060. The highest BCUT2D eigenvalue weighted by atomic mass is 16.4. The number of nitrogens with one attached hydrogen (secondary N) is 1. The van der Waals surface area contributed by atoms with Crippen LogP contribution in [-0.4, -0.2) is 39.9 Å². The van der Waals surface area contributed by atoms with Crippen LogP contribution in [0.1, 0.15) is 59.8 Å². The zero-order chi connectivity index (χ0) is 21.2. The lowest BCUT2D eigenvalue weighted by Gasteiger charge is -2.31. The number of carbonyl (C=O) groups is 1. The van der Waals surface area contributed by atoms with E-state index in [0.717, 1.165) is 78.6 Å². The van der Waals surface area contributed by atoms with Gasteiger partial charge in [-0.05, 0) is 62.8 Å². The molecule has 5 rings (SSSR count). The third kappa shape index (κ3) is 4.49. The average molecular weight is 419 g/mol. The highest BCUT2D eigenvalue weighted by Crippen LogP contribution is 2.28. The first kappa shape index (κ1) is 20.2. The van der Waals surface area contributed by atoms with Gasteiger partial charge in [0.25, 0.3) is 5.91 Å². The summed E-state index contributed by atoms with van der Waals surface area (Å²) in [5.41, 5.74) is 2.71. The summed E-state index contributed by atoms with van der Waals surface area (Å²) in [4.78, 5) is 24.3. The Balaban J connectivity index is 1.10. The number of aryl methyl sites for hydroxylation is 1. The summed E-state index contributed by atoms with van der Waals surface area (Å²) in [5.74, 6) is 2.63. The third-order valence-electron chi connectivity index (χ3n) is 6.84. The van der Waals surface area contributed by atoms with Gasteiger partial charge in [-0.2, -0.15) is 0 Å². The maximum absolute atomic E-state index is 12.9. The molecule has 2 aromatic heterocycles. The molecule has 0 spiro atoms. The zero-order valence-corrected chi connectivity index (χ0v) is 18.1. The van der Waals surface area contributed by atoms with Crippen LogP contribution in [0.5, 0.6) is 0 Å². The second kappa shape index (κ2) is 8.79. The van der Waals surface area contributed by atoms with Gasteiger partial charge in [0.2, 0.25) is 0 Å². The molecule has 1 aromatic carbocycles. The fraction of sp³-hybridized carbons (Fsp3) is 0.480. The fourth-order valence-corrected chi connectivity index (χ4v) is 5.10. The number of carbonyl (C=O) groups excluding carboxylic acids is 1. The molecule has 3 heterocycles. The van der Waals surface area contributed by atoms with E-state index in [4.69, 9.17) is 4.42 Å². The van der Waals surface area contributed by atoms with E-state index in [1.165, 1.54) is 19.3 Å². The molecule has 6 heteroatoms. The summed E-state index contributed by atoms with van der Waals surface area (Å²) in [6.45, 7) is 5.03. The van der Waals surface area contributed by atoms with E-state index in [0.29, 0.717) is 0 Å². The second-order valence-electron chi connectivity index (χ2n) is 8.98.